The Labute approximate surface area is 155 Å². The van der Waals surface area contributed by atoms with Crippen LogP contribution in [-0.4, -0.2) is 31.1 Å². The van der Waals surface area contributed by atoms with E-state index in [4.69, 9.17) is 39.0 Å². The fourth-order valence-electron chi connectivity index (χ4n) is 2.26. The second-order valence-corrected chi connectivity index (χ2v) is 5.72. The molecule has 8 heteroatoms. The number of hydrogen-bond acceptors (Lipinski definition) is 6. The Morgan fingerprint density at radius 1 is 1.16 bits per heavy atom. The van der Waals surface area contributed by atoms with Gasteiger partial charge >= 0.3 is 11.9 Å². The zero-order valence-corrected chi connectivity index (χ0v) is 15.1. The van der Waals surface area contributed by atoms with Crippen molar-refractivity contribution < 1.29 is 19.1 Å². The van der Waals surface area contributed by atoms with Gasteiger partial charge in [0.15, 0.2) is 0 Å². The molecule has 0 fully saturated rings. The van der Waals surface area contributed by atoms with Gasteiger partial charge in [-0.2, -0.15) is 0 Å². The Morgan fingerprint density at radius 3 is 2.44 bits per heavy atom. The number of thiocarbonyl (C=S) groups is 1. The molecular weight excluding hydrogens is 364 g/mol. The number of ether oxygens (including phenoxy) is 2. The zero-order valence-electron chi connectivity index (χ0n) is 13.5. The summed E-state index contributed by atoms with van der Waals surface area (Å²) in [7, 11) is 2.44. The average Bonchev–Trinajstić information content (AvgIpc) is 2.82. The third-order valence-corrected chi connectivity index (χ3v) is 3.83. The topological polar surface area (TPSA) is 81.9 Å². The van der Waals surface area contributed by atoms with Crippen LogP contribution in [0.3, 0.4) is 0 Å². The molecule has 0 aliphatic carbocycles. The van der Waals surface area contributed by atoms with E-state index in [-0.39, 0.29) is 16.3 Å². The Kier molecular flexibility index (Phi) is 5.95. The average molecular weight is 379 g/mol. The summed E-state index contributed by atoms with van der Waals surface area (Å²) in [5, 5.41) is 0.407. The van der Waals surface area contributed by atoms with Crippen molar-refractivity contribution in [2.75, 3.05) is 19.1 Å². The highest BCUT2D eigenvalue weighted by Gasteiger charge is 2.29. The zero-order chi connectivity index (χ0) is 18.6. The van der Waals surface area contributed by atoms with Crippen molar-refractivity contribution in [3.8, 4) is 0 Å². The van der Waals surface area contributed by atoms with Gasteiger partial charge < -0.3 is 20.1 Å². The van der Waals surface area contributed by atoms with E-state index in [2.05, 4.69) is 0 Å². The van der Waals surface area contributed by atoms with Gasteiger partial charge in [-0.1, -0.05) is 29.9 Å². The number of allylic oxidation sites excluding steroid dienone is 2. The van der Waals surface area contributed by atoms with Crippen molar-refractivity contribution in [2.24, 2.45) is 5.73 Å². The second kappa shape index (κ2) is 7.96. The van der Waals surface area contributed by atoms with E-state index in [0.29, 0.717) is 16.3 Å². The summed E-state index contributed by atoms with van der Waals surface area (Å²) in [5.74, 6) is -1.42. The first-order valence-electron chi connectivity index (χ1n) is 7.05. The number of hydrogen-bond donors (Lipinski definition) is 1. The Balaban J connectivity index is 2.78. The summed E-state index contributed by atoms with van der Waals surface area (Å²) in [6.45, 7) is 0. The molecule has 0 bridgehead atoms. The predicted molar refractivity (Wildman–Crippen MR) is 99.2 cm³/mol. The quantitative estimate of drug-likeness (QED) is 0.636. The third kappa shape index (κ3) is 3.89. The van der Waals surface area contributed by atoms with E-state index in [0.717, 1.165) is 0 Å². The second-order valence-electron chi connectivity index (χ2n) is 4.84. The van der Waals surface area contributed by atoms with Gasteiger partial charge in [0, 0.05) is 16.8 Å². The standard InChI is InChI=1S/C17H15ClN2O4S/c1-23-16(21)12-5-3-4-8-20(14(12)17(22)24-2)13-9-10(18)6-7-11(13)15(19)25/h3-9H,1-2H3,(H2,19,25). The normalized spacial score (nSPS) is 13.5. The number of rotatable bonds is 4. The van der Waals surface area contributed by atoms with E-state index < -0.39 is 11.9 Å². The molecule has 2 rings (SSSR count). The lowest BCUT2D eigenvalue weighted by Gasteiger charge is -2.25. The van der Waals surface area contributed by atoms with Gasteiger partial charge in [-0.15, -0.1) is 0 Å². The number of benzene rings is 1. The Bertz CT molecular complexity index is 830. The maximum Gasteiger partial charge on any atom is 0.355 e. The Hall–Kier alpha value is -2.64. The van der Waals surface area contributed by atoms with Gasteiger partial charge in [0.05, 0.1) is 25.5 Å². The lowest BCUT2D eigenvalue weighted by Crippen LogP contribution is -2.28. The predicted octanol–water partition coefficient (Wildman–Crippen LogP) is 2.46. The van der Waals surface area contributed by atoms with Crippen LogP contribution >= 0.6 is 23.8 Å². The molecule has 0 saturated carbocycles. The van der Waals surface area contributed by atoms with Crippen molar-refractivity contribution >= 4 is 46.4 Å². The first-order valence-corrected chi connectivity index (χ1v) is 7.83. The minimum atomic E-state index is -0.731. The maximum absolute atomic E-state index is 12.4. The molecule has 0 spiro atoms. The van der Waals surface area contributed by atoms with Crippen molar-refractivity contribution in [3.05, 3.63) is 64.5 Å². The van der Waals surface area contributed by atoms with E-state index in [9.17, 15) is 9.59 Å². The molecular formula is C17H15ClN2O4S. The first-order chi connectivity index (χ1) is 11.9. The largest absolute Gasteiger partial charge is 0.465 e. The molecule has 1 aliphatic heterocycles. The van der Waals surface area contributed by atoms with Gasteiger partial charge in [-0.05, 0) is 30.4 Å². The van der Waals surface area contributed by atoms with E-state index in [1.165, 1.54) is 25.2 Å². The molecule has 0 atom stereocenters. The van der Waals surface area contributed by atoms with Gasteiger partial charge in [0.1, 0.15) is 10.7 Å². The van der Waals surface area contributed by atoms with Gasteiger partial charge in [0.2, 0.25) is 0 Å². The van der Waals surface area contributed by atoms with Crippen LogP contribution in [-0.2, 0) is 19.1 Å². The van der Waals surface area contributed by atoms with E-state index in [1.807, 2.05) is 0 Å². The number of anilines is 1. The summed E-state index contributed by atoms with van der Waals surface area (Å²) in [6, 6.07) is 4.85. The molecule has 1 aromatic rings. The van der Waals surface area contributed by atoms with E-state index in [1.54, 1.807) is 36.6 Å². The molecule has 1 heterocycles. The van der Waals surface area contributed by atoms with Crippen LogP contribution in [0.5, 0.6) is 0 Å². The van der Waals surface area contributed by atoms with Gasteiger partial charge in [-0.3, -0.25) is 0 Å². The van der Waals surface area contributed by atoms with Crippen LogP contribution in [0.1, 0.15) is 5.56 Å². The number of nitrogens with two attached hydrogens (primary N) is 1. The van der Waals surface area contributed by atoms with Gasteiger partial charge in [0.25, 0.3) is 0 Å². The molecule has 0 amide bonds. The molecule has 0 radical (unpaired) electrons. The molecule has 130 valence electrons. The van der Waals surface area contributed by atoms with Crippen molar-refractivity contribution in [1.82, 2.24) is 0 Å². The summed E-state index contributed by atoms with van der Waals surface area (Å²) < 4.78 is 9.61. The third-order valence-electron chi connectivity index (χ3n) is 3.37. The van der Waals surface area contributed by atoms with Crippen LogP contribution in [0.15, 0.2) is 53.9 Å². The van der Waals surface area contributed by atoms with Crippen LogP contribution in [0, 0.1) is 0 Å². The van der Waals surface area contributed by atoms with E-state index >= 15 is 0 Å². The minimum absolute atomic E-state index is 0.0215. The van der Waals surface area contributed by atoms with Crippen molar-refractivity contribution in [2.45, 2.75) is 0 Å². The number of carbonyl (C=O) groups excluding carboxylic acids is 2. The smallest absolute Gasteiger partial charge is 0.355 e. The van der Waals surface area contributed by atoms with Crippen LogP contribution < -0.4 is 10.6 Å². The molecule has 6 nitrogen and oxygen atoms in total. The molecule has 25 heavy (non-hydrogen) atoms. The molecule has 0 unspecified atom stereocenters. The summed E-state index contributed by atoms with van der Waals surface area (Å²) in [4.78, 5) is 26.1. The summed E-state index contributed by atoms with van der Waals surface area (Å²) in [6.07, 6.45) is 6.27. The first kappa shape index (κ1) is 18.7. The fraction of sp³-hybridized carbons (Fsp3) is 0.118. The van der Waals surface area contributed by atoms with Crippen LogP contribution in [0.25, 0.3) is 0 Å². The number of halogens is 1. The maximum atomic E-state index is 12.4. The lowest BCUT2D eigenvalue weighted by molar-refractivity contribution is -0.139. The van der Waals surface area contributed by atoms with Crippen LogP contribution in [0.2, 0.25) is 5.02 Å². The number of nitrogens with zero attached hydrogens (tertiary/aromatic N) is 1. The van der Waals surface area contributed by atoms with Gasteiger partial charge in [-0.25, -0.2) is 9.59 Å². The number of methoxy groups -OCH3 is 2. The monoisotopic (exact) mass is 378 g/mol. The summed E-state index contributed by atoms with van der Waals surface area (Å²) >= 11 is 11.2. The Morgan fingerprint density at radius 2 is 1.84 bits per heavy atom. The van der Waals surface area contributed by atoms with Crippen molar-refractivity contribution in [1.29, 1.82) is 0 Å². The molecule has 1 aliphatic rings. The molecule has 0 aromatic heterocycles. The SMILES string of the molecule is COC(=O)C1=C(C(=O)OC)N(c2cc(Cl)ccc2C(N)=S)C=CC=C1. The number of esters is 2. The summed E-state index contributed by atoms with van der Waals surface area (Å²) in [5.41, 5.74) is 6.68. The fourth-order valence-corrected chi connectivity index (χ4v) is 2.60. The number of carbonyl (C=O) groups is 2. The van der Waals surface area contributed by atoms with Crippen LogP contribution in [0.4, 0.5) is 5.69 Å². The highest BCUT2D eigenvalue weighted by atomic mass is 35.5. The molecule has 1 aromatic carbocycles. The highest BCUT2D eigenvalue weighted by Crippen LogP contribution is 2.31. The minimum Gasteiger partial charge on any atom is -0.465 e. The molecule has 2 N–H and O–H groups in total. The highest BCUT2D eigenvalue weighted by molar-refractivity contribution is 7.80. The van der Waals surface area contributed by atoms with Crippen molar-refractivity contribution in [3.63, 3.8) is 0 Å². The lowest BCUT2D eigenvalue weighted by atomic mass is 10.1. The molecule has 0 saturated heterocycles.